The normalized spacial score (nSPS) is 19.0. The number of nitrogens with zero attached hydrogens (tertiary/aromatic N) is 3. The molecule has 6 heteroatoms. The fourth-order valence-corrected chi connectivity index (χ4v) is 2.74. The van der Waals surface area contributed by atoms with Gasteiger partial charge >= 0.3 is 0 Å². The zero-order valence-corrected chi connectivity index (χ0v) is 14.2. The maximum absolute atomic E-state index is 10.00. The molecule has 1 N–H and O–H groups in total. The Hall–Kier alpha value is -0.950. The number of aromatic nitrogens is 1. The molecule has 2 heterocycles. The fourth-order valence-electron chi connectivity index (χ4n) is 2.74. The van der Waals surface area contributed by atoms with Gasteiger partial charge in [0, 0.05) is 44.8 Å². The van der Waals surface area contributed by atoms with Gasteiger partial charge < -0.3 is 14.4 Å². The molecular formula is C16H29N3O3. The smallest absolute Gasteiger partial charge is 0.138 e. The second-order valence-corrected chi connectivity index (χ2v) is 6.42. The number of β-amino-alcohol motifs (C(OH)–C–C–N with tert-alkyl or cyclic N) is 1. The molecule has 0 saturated carbocycles. The number of piperazine rings is 1. The second-order valence-electron chi connectivity index (χ2n) is 6.42. The van der Waals surface area contributed by atoms with Crippen molar-refractivity contribution in [2.45, 2.75) is 46.4 Å². The van der Waals surface area contributed by atoms with Crippen molar-refractivity contribution in [1.29, 1.82) is 0 Å². The lowest BCUT2D eigenvalue weighted by atomic mass is 10.1. The van der Waals surface area contributed by atoms with Gasteiger partial charge in [-0.3, -0.25) is 9.80 Å². The lowest BCUT2D eigenvalue weighted by Gasteiger charge is -2.35. The van der Waals surface area contributed by atoms with E-state index in [1.54, 1.807) is 0 Å². The second kappa shape index (κ2) is 8.06. The van der Waals surface area contributed by atoms with E-state index in [-0.39, 0.29) is 6.10 Å². The number of hydrogen-bond donors (Lipinski definition) is 1. The van der Waals surface area contributed by atoms with Crippen LogP contribution in [0, 0.1) is 13.8 Å². The van der Waals surface area contributed by atoms with E-state index in [1.807, 2.05) is 27.7 Å². The number of ether oxygens (including phenoxy) is 1. The maximum atomic E-state index is 10.00. The molecule has 6 nitrogen and oxygen atoms in total. The standard InChI is InChI=1S/C16H29N3O3/c1-12(2)21-11-15(20)9-18-5-7-19(8-6-18)10-16-13(3)17-22-14(16)4/h12,15,20H,5-11H2,1-4H3/t15-/m1/s1. The van der Waals surface area contributed by atoms with Crippen molar-refractivity contribution >= 4 is 0 Å². The summed E-state index contributed by atoms with van der Waals surface area (Å²) >= 11 is 0. The molecule has 0 bridgehead atoms. The molecule has 0 unspecified atom stereocenters. The summed E-state index contributed by atoms with van der Waals surface area (Å²) in [7, 11) is 0. The van der Waals surface area contributed by atoms with Gasteiger partial charge in [0.05, 0.1) is 24.5 Å². The Morgan fingerprint density at radius 2 is 1.82 bits per heavy atom. The van der Waals surface area contributed by atoms with Crippen LogP contribution in [0.5, 0.6) is 0 Å². The molecule has 1 atom stereocenters. The number of rotatable bonds is 7. The predicted molar refractivity (Wildman–Crippen MR) is 84.8 cm³/mol. The minimum Gasteiger partial charge on any atom is -0.389 e. The van der Waals surface area contributed by atoms with Gasteiger partial charge in [0.1, 0.15) is 5.76 Å². The minimum atomic E-state index is -0.406. The molecule has 1 aromatic heterocycles. The Morgan fingerprint density at radius 3 is 2.36 bits per heavy atom. The summed E-state index contributed by atoms with van der Waals surface area (Å²) in [6.45, 7) is 13.9. The van der Waals surface area contributed by atoms with Crippen LogP contribution in [0.1, 0.15) is 30.9 Å². The molecule has 0 radical (unpaired) electrons. The van der Waals surface area contributed by atoms with E-state index in [1.165, 1.54) is 5.56 Å². The van der Waals surface area contributed by atoms with Crippen molar-refractivity contribution in [3.63, 3.8) is 0 Å². The number of hydrogen-bond acceptors (Lipinski definition) is 6. The molecule has 22 heavy (non-hydrogen) atoms. The van der Waals surface area contributed by atoms with E-state index < -0.39 is 6.10 Å². The van der Waals surface area contributed by atoms with E-state index in [0.717, 1.165) is 44.2 Å². The highest BCUT2D eigenvalue weighted by Gasteiger charge is 2.21. The van der Waals surface area contributed by atoms with Crippen molar-refractivity contribution in [2.24, 2.45) is 0 Å². The van der Waals surface area contributed by atoms with Crippen LogP contribution in [0.15, 0.2) is 4.52 Å². The third-order valence-corrected chi connectivity index (χ3v) is 4.12. The first-order valence-electron chi connectivity index (χ1n) is 8.11. The van der Waals surface area contributed by atoms with Crippen LogP contribution >= 0.6 is 0 Å². The Kier molecular flexibility index (Phi) is 6.37. The van der Waals surface area contributed by atoms with Crippen LogP contribution in [0.3, 0.4) is 0 Å². The summed E-state index contributed by atoms with van der Waals surface area (Å²) in [6, 6.07) is 0. The first kappa shape index (κ1) is 17.4. The van der Waals surface area contributed by atoms with Gasteiger partial charge in [-0.15, -0.1) is 0 Å². The van der Waals surface area contributed by atoms with Crippen LogP contribution in [-0.4, -0.2) is 71.6 Å². The van der Waals surface area contributed by atoms with E-state index in [0.29, 0.717) is 13.2 Å². The molecule has 1 aromatic rings. The van der Waals surface area contributed by atoms with Crippen molar-refractivity contribution < 1.29 is 14.4 Å². The van der Waals surface area contributed by atoms with E-state index in [9.17, 15) is 5.11 Å². The quantitative estimate of drug-likeness (QED) is 0.816. The van der Waals surface area contributed by atoms with Crippen molar-refractivity contribution in [3.8, 4) is 0 Å². The van der Waals surface area contributed by atoms with E-state index in [2.05, 4.69) is 15.0 Å². The summed E-state index contributed by atoms with van der Waals surface area (Å²) < 4.78 is 10.7. The van der Waals surface area contributed by atoms with Gasteiger partial charge in [-0.25, -0.2) is 0 Å². The maximum Gasteiger partial charge on any atom is 0.138 e. The topological polar surface area (TPSA) is 62.0 Å². The van der Waals surface area contributed by atoms with Crippen LogP contribution < -0.4 is 0 Å². The van der Waals surface area contributed by atoms with Crippen LogP contribution in [0.2, 0.25) is 0 Å². The summed E-state index contributed by atoms with van der Waals surface area (Å²) in [5, 5.41) is 14.0. The summed E-state index contributed by atoms with van der Waals surface area (Å²) in [4.78, 5) is 4.72. The summed E-state index contributed by atoms with van der Waals surface area (Å²) in [6.07, 6.45) is -0.238. The zero-order valence-electron chi connectivity index (χ0n) is 14.2. The Morgan fingerprint density at radius 1 is 1.18 bits per heavy atom. The van der Waals surface area contributed by atoms with Crippen molar-refractivity contribution in [3.05, 3.63) is 17.0 Å². The molecule has 0 aromatic carbocycles. The largest absolute Gasteiger partial charge is 0.389 e. The fraction of sp³-hybridized carbons (Fsp3) is 0.812. The van der Waals surface area contributed by atoms with Crippen LogP contribution in [-0.2, 0) is 11.3 Å². The highest BCUT2D eigenvalue weighted by Crippen LogP contribution is 2.16. The van der Waals surface area contributed by atoms with Gasteiger partial charge in [-0.2, -0.15) is 0 Å². The van der Waals surface area contributed by atoms with Crippen molar-refractivity contribution in [2.75, 3.05) is 39.3 Å². The van der Waals surface area contributed by atoms with Gasteiger partial charge in [0.2, 0.25) is 0 Å². The van der Waals surface area contributed by atoms with Gasteiger partial charge in [0.25, 0.3) is 0 Å². The predicted octanol–water partition coefficient (Wildman–Crippen LogP) is 1.19. The molecule has 1 aliphatic rings. The lowest BCUT2D eigenvalue weighted by Crippen LogP contribution is -2.48. The Bertz CT molecular complexity index is 434. The molecule has 0 amide bonds. The van der Waals surface area contributed by atoms with Crippen LogP contribution in [0.25, 0.3) is 0 Å². The van der Waals surface area contributed by atoms with Gasteiger partial charge in [-0.05, 0) is 27.7 Å². The average molecular weight is 311 g/mol. The zero-order chi connectivity index (χ0) is 16.1. The molecule has 2 rings (SSSR count). The minimum absolute atomic E-state index is 0.168. The van der Waals surface area contributed by atoms with E-state index >= 15 is 0 Å². The third kappa shape index (κ3) is 5.05. The van der Waals surface area contributed by atoms with Crippen molar-refractivity contribution in [1.82, 2.24) is 15.0 Å². The molecule has 126 valence electrons. The average Bonchev–Trinajstić information content (AvgIpc) is 2.79. The number of aryl methyl sites for hydroxylation is 2. The number of aliphatic hydroxyl groups is 1. The summed E-state index contributed by atoms with van der Waals surface area (Å²) in [5.74, 6) is 0.918. The van der Waals surface area contributed by atoms with Crippen LogP contribution in [0.4, 0.5) is 0 Å². The Balaban J connectivity index is 1.71. The molecular weight excluding hydrogens is 282 g/mol. The lowest BCUT2D eigenvalue weighted by molar-refractivity contribution is -0.0148. The molecule has 1 fully saturated rings. The first-order valence-corrected chi connectivity index (χ1v) is 8.11. The highest BCUT2D eigenvalue weighted by molar-refractivity contribution is 5.20. The molecule has 1 aliphatic heterocycles. The molecule has 1 saturated heterocycles. The van der Waals surface area contributed by atoms with Gasteiger partial charge in [-0.1, -0.05) is 5.16 Å². The first-order chi connectivity index (χ1) is 10.5. The number of aliphatic hydroxyl groups excluding tert-OH is 1. The SMILES string of the molecule is Cc1noc(C)c1CN1CCN(C[C@@H](O)COC(C)C)CC1. The summed E-state index contributed by atoms with van der Waals surface area (Å²) in [5.41, 5.74) is 2.19. The molecule has 0 aliphatic carbocycles. The third-order valence-electron chi connectivity index (χ3n) is 4.12. The van der Waals surface area contributed by atoms with E-state index in [4.69, 9.17) is 9.26 Å². The monoisotopic (exact) mass is 311 g/mol. The molecule has 0 spiro atoms. The van der Waals surface area contributed by atoms with Gasteiger partial charge in [0.15, 0.2) is 0 Å². The Labute approximate surface area is 133 Å². The highest BCUT2D eigenvalue weighted by atomic mass is 16.5.